The predicted octanol–water partition coefficient (Wildman–Crippen LogP) is 4.23. The fourth-order valence-corrected chi connectivity index (χ4v) is 3.95. The third-order valence-corrected chi connectivity index (χ3v) is 5.71. The minimum Gasteiger partial charge on any atom is -0.382 e. The van der Waals surface area contributed by atoms with Crippen LogP contribution in [0.4, 0.5) is 0 Å². The summed E-state index contributed by atoms with van der Waals surface area (Å²) in [5, 5.41) is 9.96. The number of benzene rings is 1. The number of aliphatic imine (C=N–C) groups is 1. The van der Waals surface area contributed by atoms with Crippen molar-refractivity contribution >= 4 is 47.4 Å². The van der Waals surface area contributed by atoms with Gasteiger partial charge in [-0.05, 0) is 50.7 Å². The number of carbonyl (C=O) groups excluding carboxylic acids is 1. The lowest BCUT2D eigenvalue weighted by molar-refractivity contribution is 0.0954. The van der Waals surface area contributed by atoms with Crippen LogP contribution < -0.4 is 16.0 Å². The van der Waals surface area contributed by atoms with Crippen LogP contribution in [-0.4, -0.2) is 51.3 Å². The van der Waals surface area contributed by atoms with Gasteiger partial charge in [-0.15, -0.1) is 24.0 Å². The van der Waals surface area contributed by atoms with Crippen LogP contribution in [0.5, 0.6) is 0 Å². The number of guanidine groups is 1. The molecule has 1 aromatic rings. The van der Waals surface area contributed by atoms with Gasteiger partial charge in [0.05, 0.1) is 10.6 Å². The topological polar surface area (TPSA) is 74.8 Å². The van der Waals surface area contributed by atoms with E-state index >= 15 is 0 Å². The Labute approximate surface area is 203 Å². The monoisotopic (exact) mass is 550 g/mol. The third kappa shape index (κ3) is 8.98. The minimum atomic E-state index is -0.167. The summed E-state index contributed by atoms with van der Waals surface area (Å²) in [5.41, 5.74) is 0.753. The molecule has 170 valence electrons. The quantitative estimate of drug-likeness (QED) is 0.167. The Bertz CT molecular complexity index is 666. The van der Waals surface area contributed by atoms with Crippen molar-refractivity contribution in [2.75, 3.05) is 39.4 Å². The first-order valence-electron chi connectivity index (χ1n) is 10.7. The molecule has 6 nitrogen and oxygen atoms in total. The molecule has 0 radical (unpaired) electrons. The van der Waals surface area contributed by atoms with Crippen molar-refractivity contribution < 1.29 is 9.53 Å². The van der Waals surface area contributed by atoms with Gasteiger partial charge in [0.1, 0.15) is 0 Å². The maximum atomic E-state index is 12.2. The Hall–Kier alpha value is -1.06. The van der Waals surface area contributed by atoms with E-state index in [0.717, 1.165) is 38.7 Å². The molecule has 0 heterocycles. The molecule has 30 heavy (non-hydrogen) atoms. The average Bonchev–Trinajstić information content (AvgIpc) is 3.18. The highest BCUT2D eigenvalue weighted by molar-refractivity contribution is 14.0. The maximum absolute atomic E-state index is 12.2. The van der Waals surface area contributed by atoms with Gasteiger partial charge in [0.15, 0.2) is 5.96 Å². The Morgan fingerprint density at radius 3 is 2.50 bits per heavy atom. The molecule has 2 rings (SSSR count). The molecule has 1 amide bonds. The first kappa shape index (κ1) is 27.0. The summed E-state index contributed by atoms with van der Waals surface area (Å²) in [6, 6.07) is 7.06. The van der Waals surface area contributed by atoms with E-state index in [4.69, 9.17) is 21.3 Å². The van der Waals surface area contributed by atoms with Crippen LogP contribution >= 0.6 is 35.6 Å². The first-order valence-corrected chi connectivity index (χ1v) is 11.1. The van der Waals surface area contributed by atoms with Gasteiger partial charge in [-0.25, -0.2) is 0 Å². The lowest BCUT2D eigenvalue weighted by atomic mass is 9.83. The lowest BCUT2D eigenvalue weighted by Crippen LogP contribution is -2.42. The van der Waals surface area contributed by atoms with Gasteiger partial charge in [-0.2, -0.15) is 0 Å². The lowest BCUT2D eigenvalue weighted by Gasteiger charge is -2.27. The van der Waals surface area contributed by atoms with Crippen LogP contribution in [0, 0.1) is 5.41 Å². The summed E-state index contributed by atoms with van der Waals surface area (Å²) < 4.78 is 5.59. The van der Waals surface area contributed by atoms with E-state index in [1.165, 1.54) is 25.7 Å². The molecule has 8 heteroatoms. The standard InChI is InChI=1S/C22H35ClN4O2.HI/c1-3-24-21(27-17-22(11-7-8-12-22)13-16-29-4-2)26-15-14-25-20(28)18-9-5-6-10-19(18)23;/h5-6,9-10H,3-4,7-8,11-17H2,1-2H3,(H,25,28)(H2,24,26,27);1H. The fourth-order valence-electron chi connectivity index (χ4n) is 3.73. The van der Waals surface area contributed by atoms with E-state index in [9.17, 15) is 4.79 Å². The third-order valence-electron chi connectivity index (χ3n) is 5.38. The van der Waals surface area contributed by atoms with Crippen LogP contribution in [0.2, 0.25) is 5.02 Å². The summed E-state index contributed by atoms with van der Waals surface area (Å²) >= 11 is 6.07. The number of hydrogen-bond donors (Lipinski definition) is 3. The molecule has 0 saturated heterocycles. The second kappa shape index (κ2) is 14.9. The van der Waals surface area contributed by atoms with Crippen LogP contribution in [0.15, 0.2) is 29.3 Å². The van der Waals surface area contributed by atoms with Crippen LogP contribution in [0.25, 0.3) is 0 Å². The van der Waals surface area contributed by atoms with Crippen molar-refractivity contribution in [2.45, 2.75) is 46.0 Å². The molecule has 0 spiro atoms. The number of nitrogens with one attached hydrogen (secondary N) is 3. The van der Waals surface area contributed by atoms with Crippen molar-refractivity contribution in [3.63, 3.8) is 0 Å². The van der Waals surface area contributed by atoms with Gasteiger partial charge < -0.3 is 20.7 Å². The van der Waals surface area contributed by atoms with E-state index in [2.05, 4.69) is 22.9 Å². The molecule has 1 aliphatic rings. The molecule has 0 aliphatic heterocycles. The number of halogens is 2. The van der Waals surface area contributed by atoms with Crippen molar-refractivity contribution in [3.8, 4) is 0 Å². The van der Waals surface area contributed by atoms with Gasteiger partial charge in [0, 0.05) is 39.4 Å². The van der Waals surface area contributed by atoms with Gasteiger partial charge in [0.25, 0.3) is 5.91 Å². The van der Waals surface area contributed by atoms with Crippen molar-refractivity contribution in [1.82, 2.24) is 16.0 Å². The molecule has 0 unspecified atom stereocenters. The molecule has 1 aromatic carbocycles. The zero-order valence-corrected chi connectivity index (χ0v) is 21.2. The average molecular weight is 551 g/mol. The highest BCUT2D eigenvalue weighted by atomic mass is 127. The Morgan fingerprint density at radius 2 is 1.83 bits per heavy atom. The number of amides is 1. The largest absolute Gasteiger partial charge is 0.382 e. The predicted molar refractivity (Wildman–Crippen MR) is 135 cm³/mol. The Kier molecular flexibility index (Phi) is 13.4. The molecule has 1 saturated carbocycles. The highest BCUT2D eigenvalue weighted by Crippen LogP contribution is 2.41. The highest BCUT2D eigenvalue weighted by Gasteiger charge is 2.33. The Balaban J connectivity index is 0.00000450. The van der Waals surface area contributed by atoms with Crippen LogP contribution in [0.1, 0.15) is 56.3 Å². The van der Waals surface area contributed by atoms with Gasteiger partial charge in [-0.1, -0.05) is 36.6 Å². The van der Waals surface area contributed by atoms with E-state index in [1.54, 1.807) is 18.2 Å². The summed E-state index contributed by atoms with van der Waals surface area (Å²) in [7, 11) is 0. The molecule has 0 aromatic heterocycles. The maximum Gasteiger partial charge on any atom is 0.252 e. The number of ether oxygens (including phenoxy) is 1. The Morgan fingerprint density at radius 1 is 1.13 bits per heavy atom. The zero-order valence-electron chi connectivity index (χ0n) is 18.1. The van der Waals surface area contributed by atoms with Crippen molar-refractivity contribution in [2.24, 2.45) is 10.4 Å². The van der Waals surface area contributed by atoms with Crippen molar-refractivity contribution in [1.29, 1.82) is 0 Å². The minimum absolute atomic E-state index is 0. The van der Waals surface area contributed by atoms with E-state index in [0.29, 0.717) is 23.7 Å². The van der Waals surface area contributed by atoms with Crippen LogP contribution in [-0.2, 0) is 4.74 Å². The first-order chi connectivity index (χ1) is 14.1. The second-order valence-electron chi connectivity index (χ2n) is 7.51. The van der Waals surface area contributed by atoms with Gasteiger partial charge in [0.2, 0.25) is 0 Å². The molecular formula is C22H36ClIN4O2. The number of hydrogen-bond acceptors (Lipinski definition) is 3. The van der Waals surface area contributed by atoms with Gasteiger partial charge >= 0.3 is 0 Å². The number of carbonyl (C=O) groups is 1. The van der Waals surface area contributed by atoms with E-state index < -0.39 is 0 Å². The summed E-state index contributed by atoms with van der Waals surface area (Å²) in [4.78, 5) is 17.1. The number of rotatable bonds is 11. The van der Waals surface area contributed by atoms with Crippen molar-refractivity contribution in [3.05, 3.63) is 34.9 Å². The molecule has 3 N–H and O–H groups in total. The smallest absolute Gasteiger partial charge is 0.252 e. The van der Waals surface area contributed by atoms with Crippen LogP contribution in [0.3, 0.4) is 0 Å². The second-order valence-corrected chi connectivity index (χ2v) is 7.92. The molecule has 1 aliphatic carbocycles. The summed E-state index contributed by atoms with van der Waals surface area (Å²) in [6.07, 6.45) is 6.06. The van der Waals surface area contributed by atoms with E-state index in [-0.39, 0.29) is 35.3 Å². The fraction of sp³-hybridized carbons (Fsp3) is 0.636. The van der Waals surface area contributed by atoms with E-state index in [1.807, 2.05) is 13.0 Å². The summed E-state index contributed by atoms with van der Waals surface area (Å²) in [6.45, 7) is 8.35. The normalized spacial score (nSPS) is 15.4. The molecule has 1 fully saturated rings. The SMILES string of the molecule is CCNC(=NCC1(CCOCC)CCCC1)NCCNC(=O)c1ccccc1Cl.I. The molecule has 0 atom stereocenters. The zero-order chi connectivity index (χ0) is 21.0. The summed E-state index contributed by atoms with van der Waals surface area (Å²) in [5.74, 6) is 0.627. The molecule has 0 bridgehead atoms. The van der Waals surface area contributed by atoms with Gasteiger partial charge in [-0.3, -0.25) is 9.79 Å². The number of nitrogens with zero attached hydrogens (tertiary/aromatic N) is 1. The molecular weight excluding hydrogens is 515 g/mol.